The number of H-pyrrole nitrogens is 2. The molecule has 0 unspecified atom stereocenters. The first-order valence-electron chi connectivity index (χ1n) is 8.67. The van der Waals surface area contributed by atoms with Crippen molar-refractivity contribution in [3.05, 3.63) is 75.2 Å². The molecule has 0 fully saturated rings. The Balaban J connectivity index is 1.47. The lowest BCUT2D eigenvalue weighted by Gasteiger charge is -2.04. The zero-order valence-corrected chi connectivity index (χ0v) is 15.9. The van der Waals surface area contributed by atoms with Gasteiger partial charge in [0.05, 0.1) is 12.0 Å². The minimum Gasteiger partial charge on any atom is -0.348 e. The van der Waals surface area contributed by atoms with Gasteiger partial charge in [0.1, 0.15) is 5.82 Å². The Hall–Kier alpha value is -2.41. The van der Waals surface area contributed by atoms with Crippen molar-refractivity contribution in [2.75, 3.05) is 5.75 Å². The number of aromatic amines is 2. The molecule has 26 heavy (non-hydrogen) atoms. The molecule has 3 aromatic rings. The van der Waals surface area contributed by atoms with Gasteiger partial charge >= 0.3 is 0 Å². The normalized spacial score (nSPS) is 11.0. The Morgan fingerprint density at radius 1 is 1.12 bits per heavy atom. The van der Waals surface area contributed by atoms with Gasteiger partial charge in [-0.2, -0.15) is 11.8 Å². The molecule has 0 radical (unpaired) electrons. The molecule has 0 saturated carbocycles. The summed E-state index contributed by atoms with van der Waals surface area (Å²) in [5.74, 6) is 2.66. The monoisotopic (exact) mass is 369 g/mol. The largest absolute Gasteiger partial charge is 0.348 e. The Morgan fingerprint density at radius 2 is 2.00 bits per heavy atom. The second-order valence-corrected chi connectivity index (χ2v) is 7.40. The molecule has 6 nitrogen and oxygen atoms in total. The third-order valence-corrected chi connectivity index (χ3v) is 5.22. The van der Waals surface area contributed by atoms with Crippen LogP contribution in [0.3, 0.4) is 0 Å². The number of aromatic nitrogens is 5. The van der Waals surface area contributed by atoms with Crippen LogP contribution in [0.5, 0.6) is 0 Å². The summed E-state index contributed by atoms with van der Waals surface area (Å²) >= 11 is 1.85. The smallest absolute Gasteiger partial charge is 0.254 e. The van der Waals surface area contributed by atoms with E-state index in [1.807, 2.05) is 37.7 Å². The van der Waals surface area contributed by atoms with Gasteiger partial charge < -0.3 is 9.97 Å². The highest BCUT2D eigenvalue weighted by molar-refractivity contribution is 7.98. The van der Waals surface area contributed by atoms with E-state index in [0.29, 0.717) is 12.0 Å². The van der Waals surface area contributed by atoms with Crippen LogP contribution < -0.4 is 5.56 Å². The molecule has 0 aliphatic heterocycles. The van der Waals surface area contributed by atoms with E-state index < -0.39 is 0 Å². The van der Waals surface area contributed by atoms with Gasteiger partial charge in [-0.3, -0.25) is 9.78 Å². The summed E-state index contributed by atoms with van der Waals surface area (Å²) in [7, 11) is 0. The Kier molecular flexibility index (Phi) is 6.22. The van der Waals surface area contributed by atoms with E-state index in [0.717, 1.165) is 52.8 Å². The summed E-state index contributed by atoms with van der Waals surface area (Å²) in [4.78, 5) is 31.2. The molecular weight excluding hydrogens is 346 g/mol. The SMILES string of the molecule is Cc1ccc(Cc2cnc(CCCSCc3nc[nH]c3C)[nH]c2=O)cn1. The predicted octanol–water partition coefficient (Wildman–Crippen LogP) is 2.96. The fourth-order valence-corrected chi connectivity index (χ4v) is 3.55. The zero-order valence-electron chi connectivity index (χ0n) is 15.1. The summed E-state index contributed by atoms with van der Waals surface area (Å²) < 4.78 is 0. The van der Waals surface area contributed by atoms with Crippen LogP contribution in [0.15, 0.2) is 35.6 Å². The molecule has 2 N–H and O–H groups in total. The van der Waals surface area contributed by atoms with Crippen LogP contribution in [0.2, 0.25) is 0 Å². The molecule has 3 aromatic heterocycles. The average molecular weight is 369 g/mol. The Labute approximate surface area is 156 Å². The molecule has 7 heteroatoms. The highest BCUT2D eigenvalue weighted by Gasteiger charge is 2.05. The van der Waals surface area contributed by atoms with Crippen molar-refractivity contribution in [2.24, 2.45) is 0 Å². The minimum absolute atomic E-state index is 0.0598. The van der Waals surface area contributed by atoms with E-state index in [9.17, 15) is 4.79 Å². The van der Waals surface area contributed by atoms with Crippen molar-refractivity contribution >= 4 is 11.8 Å². The molecule has 136 valence electrons. The van der Waals surface area contributed by atoms with Crippen LogP contribution in [0.1, 0.15) is 40.5 Å². The van der Waals surface area contributed by atoms with Gasteiger partial charge in [-0.25, -0.2) is 9.97 Å². The molecule has 0 amide bonds. The first kappa shape index (κ1) is 18.4. The van der Waals surface area contributed by atoms with Crippen LogP contribution in [-0.4, -0.2) is 30.7 Å². The fourth-order valence-electron chi connectivity index (χ4n) is 2.58. The molecule has 0 atom stereocenters. The number of hydrogen-bond donors (Lipinski definition) is 2. The van der Waals surface area contributed by atoms with Gasteiger partial charge in [-0.15, -0.1) is 0 Å². The highest BCUT2D eigenvalue weighted by atomic mass is 32.2. The van der Waals surface area contributed by atoms with Gasteiger partial charge in [0.2, 0.25) is 0 Å². The number of hydrogen-bond acceptors (Lipinski definition) is 5. The van der Waals surface area contributed by atoms with E-state index in [1.54, 1.807) is 18.7 Å². The van der Waals surface area contributed by atoms with Crippen molar-refractivity contribution in [1.29, 1.82) is 0 Å². The van der Waals surface area contributed by atoms with Gasteiger partial charge in [0.15, 0.2) is 0 Å². The third kappa shape index (κ3) is 5.05. The second kappa shape index (κ2) is 8.80. The molecule has 0 bridgehead atoms. The van der Waals surface area contributed by atoms with Crippen LogP contribution in [0, 0.1) is 13.8 Å². The first-order valence-corrected chi connectivity index (χ1v) is 9.82. The molecule has 3 rings (SSSR count). The second-order valence-electron chi connectivity index (χ2n) is 6.30. The number of aryl methyl sites for hydroxylation is 3. The maximum absolute atomic E-state index is 12.3. The fraction of sp³-hybridized carbons (Fsp3) is 0.368. The molecule has 0 saturated heterocycles. The van der Waals surface area contributed by atoms with E-state index in [4.69, 9.17) is 0 Å². The average Bonchev–Trinajstić information content (AvgIpc) is 3.04. The maximum Gasteiger partial charge on any atom is 0.254 e. The number of nitrogens with one attached hydrogen (secondary N) is 2. The number of imidazole rings is 1. The Bertz CT molecular complexity index is 901. The van der Waals surface area contributed by atoms with Crippen molar-refractivity contribution in [3.8, 4) is 0 Å². The van der Waals surface area contributed by atoms with E-state index in [1.165, 1.54) is 0 Å². The van der Waals surface area contributed by atoms with Crippen LogP contribution in [0.25, 0.3) is 0 Å². The number of thioether (sulfide) groups is 1. The Morgan fingerprint density at radius 3 is 2.69 bits per heavy atom. The quantitative estimate of drug-likeness (QED) is 0.596. The molecule has 0 spiro atoms. The lowest BCUT2D eigenvalue weighted by Crippen LogP contribution is -2.16. The highest BCUT2D eigenvalue weighted by Crippen LogP contribution is 2.14. The summed E-state index contributed by atoms with van der Waals surface area (Å²) in [6.07, 6.45) is 7.52. The van der Waals surface area contributed by atoms with Crippen LogP contribution in [-0.2, 0) is 18.6 Å². The van der Waals surface area contributed by atoms with Gasteiger partial charge in [0, 0.05) is 47.9 Å². The van der Waals surface area contributed by atoms with Gasteiger partial charge in [-0.05, 0) is 37.7 Å². The first-order chi connectivity index (χ1) is 12.6. The summed E-state index contributed by atoms with van der Waals surface area (Å²) in [6, 6.07) is 3.95. The third-order valence-electron chi connectivity index (χ3n) is 4.17. The summed E-state index contributed by atoms with van der Waals surface area (Å²) in [5.41, 5.74) is 4.83. The van der Waals surface area contributed by atoms with Crippen LogP contribution in [0.4, 0.5) is 0 Å². The van der Waals surface area contributed by atoms with Gasteiger partial charge in [0.25, 0.3) is 5.56 Å². The van der Waals surface area contributed by atoms with Gasteiger partial charge in [-0.1, -0.05) is 6.07 Å². The van der Waals surface area contributed by atoms with E-state index >= 15 is 0 Å². The number of nitrogens with zero attached hydrogens (tertiary/aromatic N) is 3. The number of rotatable bonds is 8. The number of pyridine rings is 1. The molecule has 0 aliphatic carbocycles. The molecular formula is C19H23N5OS. The molecule has 3 heterocycles. The van der Waals surface area contributed by atoms with Crippen LogP contribution >= 0.6 is 11.8 Å². The molecule has 0 aliphatic rings. The van der Waals surface area contributed by atoms with Crippen molar-refractivity contribution < 1.29 is 0 Å². The van der Waals surface area contributed by atoms with Crippen molar-refractivity contribution in [1.82, 2.24) is 24.9 Å². The topological polar surface area (TPSA) is 87.3 Å². The standard InChI is InChI=1S/C19H23N5OS/c1-13-5-6-15(9-20-13)8-16-10-21-18(24-19(16)25)4-3-7-26-11-17-14(2)22-12-23-17/h5-6,9-10,12H,3-4,7-8,11H2,1-2H3,(H,22,23)(H,21,24,25). The lowest BCUT2D eigenvalue weighted by molar-refractivity contribution is 0.821. The van der Waals surface area contributed by atoms with Crippen molar-refractivity contribution in [3.63, 3.8) is 0 Å². The van der Waals surface area contributed by atoms with E-state index in [-0.39, 0.29) is 5.56 Å². The van der Waals surface area contributed by atoms with E-state index in [2.05, 4.69) is 24.9 Å². The zero-order chi connectivity index (χ0) is 18.4. The summed E-state index contributed by atoms with van der Waals surface area (Å²) in [6.45, 7) is 3.98. The summed E-state index contributed by atoms with van der Waals surface area (Å²) in [5, 5.41) is 0. The lowest BCUT2D eigenvalue weighted by atomic mass is 10.1. The minimum atomic E-state index is -0.0598. The maximum atomic E-state index is 12.3. The van der Waals surface area contributed by atoms with Crippen molar-refractivity contribution in [2.45, 2.75) is 38.9 Å². The predicted molar refractivity (Wildman–Crippen MR) is 104 cm³/mol. The molecule has 0 aromatic carbocycles.